The van der Waals surface area contributed by atoms with E-state index in [0.29, 0.717) is 23.5 Å². The molecule has 3 heterocycles. The van der Waals surface area contributed by atoms with E-state index in [1.165, 1.54) is 11.8 Å². The molecular formula is C27H28N4O2. The topological polar surface area (TPSA) is 87.8 Å². The zero-order chi connectivity index (χ0) is 23.2. The molecule has 3 aromatic rings. The van der Waals surface area contributed by atoms with E-state index in [1.54, 1.807) is 18.5 Å². The first-order valence-electron chi connectivity index (χ1n) is 11.3. The van der Waals surface area contributed by atoms with E-state index in [4.69, 9.17) is 5.41 Å². The van der Waals surface area contributed by atoms with Gasteiger partial charge in [-0.1, -0.05) is 18.2 Å². The molecule has 0 radical (unpaired) electrons. The van der Waals surface area contributed by atoms with Crippen LogP contribution in [-0.4, -0.2) is 27.5 Å². The van der Waals surface area contributed by atoms with E-state index in [9.17, 15) is 9.59 Å². The van der Waals surface area contributed by atoms with Crippen LogP contribution in [0.4, 0.5) is 0 Å². The molecule has 6 heteroatoms. The summed E-state index contributed by atoms with van der Waals surface area (Å²) in [6.45, 7) is 2.55. The molecule has 0 saturated heterocycles. The van der Waals surface area contributed by atoms with Crippen molar-refractivity contribution < 1.29 is 9.59 Å². The molecule has 0 atom stereocenters. The van der Waals surface area contributed by atoms with Gasteiger partial charge < -0.3 is 15.3 Å². The fraction of sp³-hybridized carbons (Fsp3) is 0.259. The Morgan fingerprint density at radius 1 is 1.18 bits per heavy atom. The Morgan fingerprint density at radius 3 is 2.79 bits per heavy atom. The number of carbonyl (C=O) groups excluding carboxylic acids is 2. The number of hydrogen-bond acceptors (Lipinski definition) is 4. The van der Waals surface area contributed by atoms with Crippen molar-refractivity contribution in [3.8, 4) is 0 Å². The second-order valence-corrected chi connectivity index (χ2v) is 8.32. The summed E-state index contributed by atoms with van der Waals surface area (Å²) < 4.78 is 2.00. The highest BCUT2D eigenvalue weighted by atomic mass is 16.1. The molecule has 0 bridgehead atoms. The maximum atomic E-state index is 12.9. The first kappa shape index (κ1) is 22.4. The van der Waals surface area contributed by atoms with Gasteiger partial charge in [-0.25, -0.2) is 0 Å². The largest absolute Gasteiger partial charge is 0.337 e. The van der Waals surface area contributed by atoms with Gasteiger partial charge in [0.25, 0.3) is 5.91 Å². The smallest absolute Gasteiger partial charge is 0.255 e. The molecule has 1 aliphatic rings. The molecule has 33 heavy (non-hydrogen) atoms. The Hall–Kier alpha value is -3.80. The van der Waals surface area contributed by atoms with Crippen molar-refractivity contribution >= 4 is 28.8 Å². The molecule has 0 saturated carbocycles. The molecule has 168 valence electrons. The lowest BCUT2D eigenvalue weighted by atomic mass is 10.1. The van der Waals surface area contributed by atoms with Crippen molar-refractivity contribution in [1.82, 2.24) is 14.9 Å². The minimum atomic E-state index is -0.256. The summed E-state index contributed by atoms with van der Waals surface area (Å²) in [5.74, 6) is -0.221. The third-order valence-corrected chi connectivity index (χ3v) is 6.01. The van der Waals surface area contributed by atoms with Gasteiger partial charge in [0.2, 0.25) is 5.78 Å². The number of pyridine rings is 1. The third-order valence-electron chi connectivity index (χ3n) is 6.01. The Kier molecular flexibility index (Phi) is 6.93. The molecule has 1 amide bonds. The highest BCUT2D eigenvalue weighted by molar-refractivity contribution is 6.10. The SMILES string of the molecule is CC1=CCCn2c(cc3ccc(C(=O)NC(C=N)=CCCCCc4ccncc4)cc32)C1=O. The number of aromatic nitrogens is 2. The van der Waals surface area contributed by atoms with Gasteiger partial charge >= 0.3 is 0 Å². The van der Waals surface area contributed by atoms with Crippen molar-refractivity contribution in [2.24, 2.45) is 0 Å². The van der Waals surface area contributed by atoms with Gasteiger partial charge in [0.05, 0.1) is 11.4 Å². The number of nitrogens with zero attached hydrogens (tertiary/aromatic N) is 2. The van der Waals surface area contributed by atoms with Crippen LogP contribution in [0.1, 0.15) is 59.0 Å². The van der Waals surface area contributed by atoms with Crippen LogP contribution < -0.4 is 5.32 Å². The molecule has 0 unspecified atom stereocenters. The molecule has 0 aliphatic carbocycles. The number of ketones is 1. The third kappa shape index (κ3) is 5.17. The van der Waals surface area contributed by atoms with Crippen LogP contribution in [0.5, 0.6) is 0 Å². The molecule has 0 spiro atoms. The number of hydrogen-bond donors (Lipinski definition) is 2. The predicted molar refractivity (Wildman–Crippen MR) is 131 cm³/mol. The molecule has 6 nitrogen and oxygen atoms in total. The number of benzene rings is 1. The molecule has 1 aliphatic heterocycles. The number of nitrogens with one attached hydrogen (secondary N) is 2. The summed E-state index contributed by atoms with van der Waals surface area (Å²) >= 11 is 0. The van der Waals surface area contributed by atoms with Crippen LogP contribution >= 0.6 is 0 Å². The van der Waals surface area contributed by atoms with E-state index >= 15 is 0 Å². The number of aryl methyl sites for hydroxylation is 2. The first-order chi connectivity index (χ1) is 16.1. The van der Waals surface area contributed by atoms with E-state index in [-0.39, 0.29) is 11.7 Å². The lowest BCUT2D eigenvalue weighted by molar-refractivity contribution is 0.0967. The summed E-state index contributed by atoms with van der Waals surface area (Å²) in [5.41, 5.74) is 4.58. The Labute approximate surface area is 193 Å². The van der Waals surface area contributed by atoms with Gasteiger partial charge in [0.15, 0.2) is 0 Å². The highest BCUT2D eigenvalue weighted by Crippen LogP contribution is 2.26. The van der Waals surface area contributed by atoms with Crippen LogP contribution in [0.2, 0.25) is 0 Å². The van der Waals surface area contributed by atoms with Crippen molar-refractivity contribution in [3.63, 3.8) is 0 Å². The van der Waals surface area contributed by atoms with Gasteiger partial charge in [-0.15, -0.1) is 0 Å². The minimum absolute atomic E-state index is 0.0349. The molecule has 2 aromatic heterocycles. The standard InChI is InChI=1S/C27H28N4O2/c1-19-6-5-15-31-24-17-22(10-9-21(24)16-25(31)26(19)32)27(33)30-23(18-28)8-4-2-3-7-20-11-13-29-14-12-20/h6,8-14,16-18,28H,2-5,7,15H2,1H3,(H,30,33). The average Bonchev–Trinajstić information content (AvgIpc) is 3.14. The van der Waals surface area contributed by atoms with Crippen molar-refractivity contribution in [2.45, 2.75) is 45.6 Å². The van der Waals surface area contributed by atoms with E-state index in [1.807, 2.05) is 54.0 Å². The van der Waals surface area contributed by atoms with Gasteiger partial charge in [0, 0.05) is 41.6 Å². The second kappa shape index (κ2) is 10.2. The monoisotopic (exact) mass is 440 g/mol. The number of Topliss-reactive ketones (excluding diaryl/α,β-unsaturated/α-hetero) is 1. The molecule has 4 rings (SSSR count). The summed E-state index contributed by atoms with van der Waals surface area (Å²) in [7, 11) is 0. The van der Waals surface area contributed by atoms with Crippen LogP contribution in [0.25, 0.3) is 10.9 Å². The normalized spacial score (nSPS) is 13.9. The van der Waals surface area contributed by atoms with E-state index in [2.05, 4.69) is 10.3 Å². The van der Waals surface area contributed by atoms with Crippen LogP contribution in [0.15, 0.2) is 72.2 Å². The maximum Gasteiger partial charge on any atom is 0.255 e. The minimum Gasteiger partial charge on any atom is -0.337 e. The van der Waals surface area contributed by atoms with Gasteiger partial charge in [0.1, 0.15) is 0 Å². The number of allylic oxidation sites excluding steroid dienone is 4. The average molecular weight is 441 g/mol. The Bertz CT molecular complexity index is 1250. The lowest BCUT2D eigenvalue weighted by Crippen LogP contribution is -2.23. The van der Waals surface area contributed by atoms with Gasteiger partial charge in [-0.2, -0.15) is 0 Å². The van der Waals surface area contributed by atoms with Crippen LogP contribution in [0, 0.1) is 5.41 Å². The van der Waals surface area contributed by atoms with Gasteiger partial charge in [-0.3, -0.25) is 14.6 Å². The second-order valence-electron chi connectivity index (χ2n) is 8.32. The quantitative estimate of drug-likeness (QED) is 0.371. The van der Waals surface area contributed by atoms with Crippen molar-refractivity contribution in [1.29, 1.82) is 5.41 Å². The number of unbranched alkanes of at least 4 members (excludes halogenated alkanes) is 2. The van der Waals surface area contributed by atoms with Crippen molar-refractivity contribution in [2.75, 3.05) is 0 Å². The number of carbonyl (C=O) groups is 2. The summed E-state index contributed by atoms with van der Waals surface area (Å²) in [6.07, 6.45) is 13.2. The van der Waals surface area contributed by atoms with E-state index in [0.717, 1.165) is 48.6 Å². The fourth-order valence-corrected chi connectivity index (χ4v) is 4.16. The summed E-state index contributed by atoms with van der Waals surface area (Å²) in [6, 6.07) is 11.4. The number of fused-ring (bicyclic) bond motifs is 3. The summed E-state index contributed by atoms with van der Waals surface area (Å²) in [4.78, 5) is 29.5. The maximum absolute atomic E-state index is 12.9. The Balaban J connectivity index is 1.41. The highest BCUT2D eigenvalue weighted by Gasteiger charge is 2.20. The van der Waals surface area contributed by atoms with Crippen LogP contribution in [-0.2, 0) is 13.0 Å². The fourth-order valence-electron chi connectivity index (χ4n) is 4.16. The van der Waals surface area contributed by atoms with E-state index < -0.39 is 0 Å². The molecule has 0 fully saturated rings. The molecule has 2 N–H and O–H groups in total. The predicted octanol–water partition coefficient (Wildman–Crippen LogP) is 5.25. The summed E-state index contributed by atoms with van der Waals surface area (Å²) in [5, 5.41) is 11.5. The number of amides is 1. The molecule has 1 aromatic carbocycles. The lowest BCUT2D eigenvalue weighted by Gasteiger charge is -2.09. The van der Waals surface area contributed by atoms with Crippen LogP contribution in [0.3, 0.4) is 0 Å². The first-order valence-corrected chi connectivity index (χ1v) is 11.3. The van der Waals surface area contributed by atoms with Gasteiger partial charge in [-0.05, 0) is 80.5 Å². The zero-order valence-corrected chi connectivity index (χ0v) is 18.8. The van der Waals surface area contributed by atoms with Crippen molar-refractivity contribution in [3.05, 3.63) is 89.0 Å². The zero-order valence-electron chi connectivity index (χ0n) is 18.8. The Morgan fingerprint density at radius 2 is 2.00 bits per heavy atom. The number of rotatable bonds is 8. The molecular weight excluding hydrogens is 412 g/mol.